The van der Waals surface area contributed by atoms with Gasteiger partial charge in [-0.25, -0.2) is 0 Å². The molecule has 9 heteroatoms. The van der Waals surface area contributed by atoms with Gasteiger partial charge in [-0.2, -0.15) is 13.2 Å². The molecule has 4 rings (SSSR count). The van der Waals surface area contributed by atoms with Crippen molar-refractivity contribution in [1.82, 2.24) is 0 Å². The number of benzene rings is 2. The minimum absolute atomic E-state index is 0.173. The molecule has 2 heterocycles. The van der Waals surface area contributed by atoms with Crippen molar-refractivity contribution in [3.8, 4) is 11.5 Å². The highest BCUT2D eigenvalue weighted by molar-refractivity contribution is 7.99. The Hall–Kier alpha value is -1.94. The van der Waals surface area contributed by atoms with Crippen molar-refractivity contribution in [3.63, 3.8) is 0 Å². The van der Waals surface area contributed by atoms with Crippen molar-refractivity contribution in [2.75, 3.05) is 25.6 Å². The Morgan fingerprint density at radius 1 is 1.10 bits per heavy atom. The van der Waals surface area contributed by atoms with Crippen LogP contribution < -0.4 is 9.47 Å². The van der Waals surface area contributed by atoms with E-state index in [0.717, 1.165) is 28.3 Å². The highest BCUT2D eigenvalue weighted by Crippen LogP contribution is 2.36. The first kappa shape index (κ1) is 22.3. The predicted octanol–water partition coefficient (Wildman–Crippen LogP) is 5.05. The van der Waals surface area contributed by atoms with Gasteiger partial charge in [0.15, 0.2) is 12.6 Å². The summed E-state index contributed by atoms with van der Waals surface area (Å²) < 4.78 is 65.6. The van der Waals surface area contributed by atoms with E-state index < -0.39 is 17.3 Å². The van der Waals surface area contributed by atoms with Crippen LogP contribution >= 0.6 is 11.8 Å². The van der Waals surface area contributed by atoms with E-state index in [0.29, 0.717) is 24.7 Å². The molecule has 0 aromatic heterocycles. The van der Waals surface area contributed by atoms with E-state index in [1.807, 2.05) is 32.0 Å². The highest BCUT2D eigenvalue weighted by atomic mass is 32.2. The van der Waals surface area contributed by atoms with Crippen molar-refractivity contribution in [2.24, 2.45) is 0 Å². The molecule has 1 unspecified atom stereocenters. The number of hydrogen-bond acceptors (Lipinski definition) is 6. The average Bonchev–Trinajstić information content (AvgIpc) is 3.48. The summed E-state index contributed by atoms with van der Waals surface area (Å²) in [5.41, 5.74) is -0.117. The van der Waals surface area contributed by atoms with Gasteiger partial charge in [-0.3, -0.25) is 0 Å². The van der Waals surface area contributed by atoms with Crippen LogP contribution in [0.1, 0.15) is 18.1 Å². The summed E-state index contributed by atoms with van der Waals surface area (Å²) in [6.45, 7) is 4.99. The molecule has 0 amide bonds. The molecule has 0 aliphatic carbocycles. The van der Waals surface area contributed by atoms with E-state index in [4.69, 9.17) is 23.7 Å². The minimum atomic E-state index is -4.36. The number of halogens is 3. The van der Waals surface area contributed by atoms with Crippen molar-refractivity contribution in [2.45, 2.75) is 43.1 Å². The topological polar surface area (TPSA) is 49.5 Å². The lowest BCUT2D eigenvalue weighted by molar-refractivity contribution is -0.380. The quantitative estimate of drug-likeness (QED) is 0.389. The first-order valence-electron chi connectivity index (χ1n) is 9.84. The maximum atomic E-state index is 12.6. The second kappa shape index (κ2) is 8.90. The largest absolute Gasteiger partial charge is 0.490 e. The molecule has 31 heavy (non-hydrogen) atoms. The van der Waals surface area contributed by atoms with Crippen molar-refractivity contribution >= 4 is 11.8 Å². The first-order valence-corrected chi connectivity index (χ1v) is 10.8. The molecular weight excluding hydrogens is 433 g/mol. The third-order valence-corrected chi connectivity index (χ3v) is 6.20. The fraction of sp³-hybridized carbons (Fsp3) is 0.455. The van der Waals surface area contributed by atoms with Crippen LogP contribution in [-0.2, 0) is 20.4 Å². The summed E-state index contributed by atoms with van der Waals surface area (Å²) in [4.78, 5) is 1.07. The van der Waals surface area contributed by atoms with E-state index in [-0.39, 0.29) is 19.2 Å². The molecule has 5 nitrogen and oxygen atoms in total. The van der Waals surface area contributed by atoms with Gasteiger partial charge in [-0.15, -0.1) is 11.8 Å². The summed E-state index contributed by atoms with van der Waals surface area (Å²) in [7, 11) is 0. The highest BCUT2D eigenvalue weighted by Gasteiger charge is 2.46. The van der Waals surface area contributed by atoms with Crippen LogP contribution in [0.25, 0.3) is 0 Å². The minimum Gasteiger partial charge on any atom is -0.490 e. The number of hydrogen-bond donors (Lipinski definition) is 0. The molecule has 0 spiro atoms. The monoisotopic (exact) mass is 456 g/mol. The second-order valence-corrected chi connectivity index (χ2v) is 8.63. The molecule has 168 valence electrons. The average molecular weight is 456 g/mol. The fourth-order valence-electron chi connectivity index (χ4n) is 3.03. The third kappa shape index (κ3) is 5.85. The van der Waals surface area contributed by atoms with Crippen LogP contribution in [0.4, 0.5) is 13.2 Å². The summed E-state index contributed by atoms with van der Waals surface area (Å²) >= 11 is 1.64. The first-order chi connectivity index (χ1) is 14.7. The molecular formula is C22H23F3O5S. The van der Waals surface area contributed by atoms with Crippen molar-refractivity contribution in [1.29, 1.82) is 0 Å². The van der Waals surface area contributed by atoms with Crippen LogP contribution in [0.5, 0.6) is 11.5 Å². The van der Waals surface area contributed by atoms with Crippen LogP contribution in [-0.4, -0.2) is 43.8 Å². The smallest absolute Gasteiger partial charge is 0.416 e. The molecule has 0 bridgehead atoms. The van der Waals surface area contributed by atoms with Gasteiger partial charge >= 0.3 is 6.18 Å². The summed E-state index contributed by atoms with van der Waals surface area (Å²) in [5.74, 6) is 1.84. The Bertz CT molecular complexity index is 893. The number of ether oxygens (including phenoxy) is 5. The van der Waals surface area contributed by atoms with Crippen molar-refractivity contribution in [3.05, 3.63) is 53.6 Å². The lowest BCUT2D eigenvalue weighted by atomic mass is 10.2. The Labute approximate surface area is 182 Å². The van der Waals surface area contributed by atoms with E-state index in [1.54, 1.807) is 11.8 Å². The molecule has 0 radical (unpaired) electrons. The molecule has 0 saturated carbocycles. The lowest BCUT2D eigenvalue weighted by Gasteiger charge is -2.33. The molecule has 2 fully saturated rings. The summed E-state index contributed by atoms with van der Waals surface area (Å²) in [5, 5.41) is 0. The normalized spacial score (nSPS) is 25.1. The standard InChI is InChI=1S/C22H23F3O5S/c1-14-9-18(7-8-19(14)26-10-20-29-15(2)30-20)31-13-21(12-28-21)11-27-17-5-3-16(4-6-17)22(23,24)25/h3-9,15,20H,10-13H2,1-2H3. The zero-order valence-electron chi connectivity index (χ0n) is 17.1. The van der Waals surface area contributed by atoms with Crippen LogP contribution in [0.3, 0.4) is 0 Å². The number of epoxide rings is 1. The van der Waals surface area contributed by atoms with E-state index in [2.05, 4.69) is 0 Å². The number of alkyl halides is 3. The predicted molar refractivity (Wildman–Crippen MR) is 108 cm³/mol. The molecule has 2 aliphatic rings. The van der Waals surface area contributed by atoms with Crippen LogP contribution in [0, 0.1) is 6.92 Å². The van der Waals surface area contributed by atoms with Gasteiger partial charge in [0, 0.05) is 10.6 Å². The molecule has 2 saturated heterocycles. The van der Waals surface area contributed by atoms with Gasteiger partial charge in [0.25, 0.3) is 0 Å². The van der Waals surface area contributed by atoms with Crippen molar-refractivity contribution < 1.29 is 36.9 Å². The maximum Gasteiger partial charge on any atom is 0.416 e. The number of aryl methyl sites for hydroxylation is 1. The number of rotatable bonds is 9. The van der Waals surface area contributed by atoms with Gasteiger partial charge in [-0.1, -0.05) is 0 Å². The summed E-state index contributed by atoms with van der Waals surface area (Å²) in [6, 6.07) is 10.6. The third-order valence-electron chi connectivity index (χ3n) is 4.95. The summed E-state index contributed by atoms with van der Waals surface area (Å²) in [6.07, 6.45) is -4.85. The molecule has 2 aromatic carbocycles. The Morgan fingerprint density at radius 2 is 1.81 bits per heavy atom. The Morgan fingerprint density at radius 3 is 2.39 bits per heavy atom. The van der Waals surface area contributed by atoms with Gasteiger partial charge in [0.1, 0.15) is 30.3 Å². The molecule has 0 N–H and O–H groups in total. The molecule has 2 aliphatic heterocycles. The lowest BCUT2D eigenvalue weighted by Crippen LogP contribution is -2.42. The van der Waals surface area contributed by atoms with Gasteiger partial charge in [-0.05, 0) is 61.9 Å². The van der Waals surface area contributed by atoms with Gasteiger partial charge in [0.2, 0.25) is 0 Å². The molecule has 1 atom stereocenters. The van der Waals surface area contributed by atoms with E-state index >= 15 is 0 Å². The number of thioether (sulfide) groups is 1. The Balaban J connectivity index is 1.24. The zero-order valence-corrected chi connectivity index (χ0v) is 17.9. The Kier molecular flexibility index (Phi) is 6.39. The van der Waals surface area contributed by atoms with Crippen LogP contribution in [0.15, 0.2) is 47.4 Å². The van der Waals surface area contributed by atoms with E-state index in [1.165, 1.54) is 12.1 Å². The maximum absolute atomic E-state index is 12.6. The fourth-order valence-corrected chi connectivity index (χ4v) is 4.13. The van der Waals surface area contributed by atoms with E-state index in [9.17, 15) is 13.2 Å². The van der Waals surface area contributed by atoms with Gasteiger partial charge in [0.05, 0.1) is 12.2 Å². The molecule has 2 aromatic rings. The van der Waals surface area contributed by atoms with Crippen LogP contribution in [0.2, 0.25) is 0 Å². The SMILES string of the molecule is Cc1cc(SCC2(COc3ccc(C(F)(F)F)cc3)CO2)ccc1OCC1OC(C)O1. The van der Waals surface area contributed by atoms with Gasteiger partial charge < -0.3 is 23.7 Å². The second-order valence-electron chi connectivity index (χ2n) is 7.58. The zero-order chi connectivity index (χ0) is 22.1.